The van der Waals surface area contributed by atoms with Gasteiger partial charge in [-0.2, -0.15) is 5.26 Å². The van der Waals surface area contributed by atoms with Crippen LogP contribution in [0, 0.1) is 16.7 Å². The summed E-state index contributed by atoms with van der Waals surface area (Å²) < 4.78 is 0. The van der Waals surface area contributed by atoms with Crippen molar-refractivity contribution < 1.29 is 24.3 Å². The number of carboxylic acid groups (broad SMARTS) is 1. The number of carboxylic acids is 1. The minimum Gasteiger partial charge on any atom is -0.481 e. The van der Waals surface area contributed by atoms with E-state index in [4.69, 9.17) is 27.7 Å². The molecule has 178 valence electrons. The van der Waals surface area contributed by atoms with E-state index in [1.54, 1.807) is 26.8 Å². The van der Waals surface area contributed by atoms with Gasteiger partial charge in [0.25, 0.3) is 5.91 Å². The lowest BCUT2D eigenvalue weighted by Crippen LogP contribution is -2.58. The van der Waals surface area contributed by atoms with Crippen molar-refractivity contribution in [2.24, 2.45) is 5.41 Å². The first-order valence-electron chi connectivity index (χ1n) is 10.4. The number of nitrogens with two attached hydrogens (primary N) is 1. The summed E-state index contributed by atoms with van der Waals surface area (Å²) in [5.41, 5.74) is 5.56. The molecule has 0 radical (unpaired) electrons. The standard InChI is InChI=1S/C22H28ClN5O5/c1-22(2,3)18(27-19(31)12-6-7-15(25)14(23)9-12)21(33)28-8-4-5-16(28)20(32)26-13(11-24)10-17(29)30/h6-7,9,13,16,18H,4-5,8,10,25H2,1-3H3,(H,26,32)(H,27,31)(H,29,30)/t13-,16-,18?/m0/s1. The average Bonchev–Trinajstić information content (AvgIpc) is 3.21. The molecule has 1 fully saturated rings. The topological polar surface area (TPSA) is 166 Å². The molecule has 0 bridgehead atoms. The Kier molecular flexibility index (Phi) is 8.28. The number of nitriles is 1. The molecule has 3 amide bonds. The highest BCUT2D eigenvalue weighted by Gasteiger charge is 2.42. The number of nitrogens with zero attached hydrogens (tertiary/aromatic N) is 2. The second kappa shape index (κ2) is 10.5. The van der Waals surface area contributed by atoms with Crippen LogP contribution in [-0.2, 0) is 14.4 Å². The zero-order valence-corrected chi connectivity index (χ0v) is 19.5. The van der Waals surface area contributed by atoms with E-state index >= 15 is 0 Å². The maximum atomic E-state index is 13.5. The van der Waals surface area contributed by atoms with Gasteiger partial charge < -0.3 is 26.4 Å². The molecule has 0 spiro atoms. The number of anilines is 1. The predicted molar refractivity (Wildman–Crippen MR) is 121 cm³/mol. The smallest absolute Gasteiger partial charge is 0.306 e. The van der Waals surface area contributed by atoms with E-state index in [1.165, 1.54) is 23.1 Å². The first-order chi connectivity index (χ1) is 15.3. The molecule has 1 unspecified atom stereocenters. The van der Waals surface area contributed by atoms with Crippen LogP contribution in [0.15, 0.2) is 18.2 Å². The molecule has 1 aliphatic rings. The molecule has 33 heavy (non-hydrogen) atoms. The summed E-state index contributed by atoms with van der Waals surface area (Å²) in [7, 11) is 0. The fourth-order valence-electron chi connectivity index (χ4n) is 3.57. The van der Waals surface area contributed by atoms with Gasteiger partial charge in [-0.1, -0.05) is 32.4 Å². The number of aliphatic carboxylic acids is 1. The molecule has 0 saturated carbocycles. The number of benzene rings is 1. The molecule has 11 heteroatoms. The van der Waals surface area contributed by atoms with Crippen molar-refractivity contribution in [3.8, 4) is 6.07 Å². The Balaban J connectivity index is 2.21. The van der Waals surface area contributed by atoms with Gasteiger partial charge in [0.05, 0.1) is 23.2 Å². The Hall–Kier alpha value is -3.32. The normalized spacial score (nSPS) is 17.5. The van der Waals surface area contributed by atoms with Crippen LogP contribution in [0.4, 0.5) is 5.69 Å². The van der Waals surface area contributed by atoms with Gasteiger partial charge in [-0.15, -0.1) is 0 Å². The van der Waals surface area contributed by atoms with Gasteiger partial charge in [-0.3, -0.25) is 19.2 Å². The second-order valence-electron chi connectivity index (χ2n) is 8.99. The zero-order valence-electron chi connectivity index (χ0n) is 18.7. The van der Waals surface area contributed by atoms with Crippen LogP contribution < -0.4 is 16.4 Å². The number of amides is 3. The van der Waals surface area contributed by atoms with Crippen molar-refractivity contribution in [3.05, 3.63) is 28.8 Å². The lowest BCUT2D eigenvalue weighted by Gasteiger charge is -2.35. The van der Waals surface area contributed by atoms with Gasteiger partial charge in [-0.05, 0) is 36.5 Å². The molecule has 0 aromatic heterocycles. The third-order valence-electron chi connectivity index (χ3n) is 5.34. The monoisotopic (exact) mass is 477 g/mol. The summed E-state index contributed by atoms with van der Waals surface area (Å²) in [6.07, 6.45) is 0.368. The number of nitrogen functional groups attached to an aromatic ring is 1. The van der Waals surface area contributed by atoms with E-state index in [2.05, 4.69) is 10.6 Å². The number of carbonyl (C=O) groups excluding carboxylic acids is 3. The highest BCUT2D eigenvalue weighted by Crippen LogP contribution is 2.27. The highest BCUT2D eigenvalue weighted by atomic mass is 35.5. The van der Waals surface area contributed by atoms with Crippen LogP contribution in [0.5, 0.6) is 0 Å². The summed E-state index contributed by atoms with van der Waals surface area (Å²) in [6.45, 7) is 5.66. The number of rotatable bonds is 7. The molecule has 5 N–H and O–H groups in total. The van der Waals surface area contributed by atoms with Crippen molar-refractivity contribution in [3.63, 3.8) is 0 Å². The van der Waals surface area contributed by atoms with Crippen molar-refractivity contribution in [1.82, 2.24) is 15.5 Å². The van der Waals surface area contributed by atoms with Gasteiger partial charge in [0, 0.05) is 12.1 Å². The Morgan fingerprint density at radius 3 is 2.52 bits per heavy atom. The van der Waals surface area contributed by atoms with Gasteiger partial charge in [0.2, 0.25) is 11.8 Å². The molecule has 1 aromatic rings. The van der Waals surface area contributed by atoms with E-state index in [1.807, 2.05) is 0 Å². The summed E-state index contributed by atoms with van der Waals surface area (Å²) in [5.74, 6) is -2.78. The van der Waals surface area contributed by atoms with Crippen LogP contribution in [0.1, 0.15) is 50.4 Å². The third-order valence-corrected chi connectivity index (χ3v) is 5.67. The van der Waals surface area contributed by atoms with Gasteiger partial charge >= 0.3 is 5.97 Å². The van der Waals surface area contributed by atoms with E-state index < -0.39 is 53.7 Å². The molecule has 1 saturated heterocycles. The fourth-order valence-corrected chi connectivity index (χ4v) is 3.75. The lowest BCUT2D eigenvalue weighted by molar-refractivity contribution is -0.142. The minimum atomic E-state index is -1.22. The number of likely N-dealkylation sites (tertiary alicyclic amines) is 1. The van der Waals surface area contributed by atoms with Crippen LogP contribution in [0.3, 0.4) is 0 Å². The first kappa shape index (κ1) is 25.9. The minimum absolute atomic E-state index is 0.214. The number of hydrogen-bond acceptors (Lipinski definition) is 6. The van der Waals surface area contributed by atoms with Crippen LogP contribution in [0.25, 0.3) is 0 Å². The van der Waals surface area contributed by atoms with Crippen molar-refractivity contribution in [2.45, 2.75) is 58.2 Å². The largest absolute Gasteiger partial charge is 0.481 e. The predicted octanol–water partition coefficient (Wildman–Crippen LogP) is 1.54. The Bertz CT molecular complexity index is 984. The van der Waals surface area contributed by atoms with Crippen molar-refractivity contribution >= 4 is 41.0 Å². The Morgan fingerprint density at radius 2 is 1.97 bits per heavy atom. The van der Waals surface area contributed by atoms with E-state index in [0.717, 1.165) is 0 Å². The molecular weight excluding hydrogens is 450 g/mol. The molecule has 3 atom stereocenters. The summed E-state index contributed by atoms with van der Waals surface area (Å²) in [5, 5.41) is 23.3. The lowest BCUT2D eigenvalue weighted by atomic mass is 9.85. The highest BCUT2D eigenvalue weighted by molar-refractivity contribution is 6.33. The summed E-state index contributed by atoms with van der Waals surface area (Å²) in [4.78, 5) is 51.3. The number of nitrogens with one attached hydrogen (secondary N) is 2. The Labute approximate surface area is 197 Å². The molecule has 1 heterocycles. The fraction of sp³-hybridized carbons (Fsp3) is 0.500. The molecule has 2 rings (SSSR count). The quantitative estimate of drug-likeness (QED) is 0.432. The van der Waals surface area contributed by atoms with E-state index in [9.17, 15) is 19.2 Å². The maximum Gasteiger partial charge on any atom is 0.306 e. The number of carbonyl (C=O) groups is 4. The molecule has 1 aromatic carbocycles. The average molecular weight is 478 g/mol. The van der Waals surface area contributed by atoms with E-state index in [0.29, 0.717) is 25.1 Å². The van der Waals surface area contributed by atoms with Crippen LogP contribution >= 0.6 is 11.6 Å². The number of halogens is 1. The molecule has 1 aliphatic heterocycles. The third kappa shape index (κ3) is 6.58. The maximum absolute atomic E-state index is 13.5. The van der Waals surface area contributed by atoms with Crippen molar-refractivity contribution in [2.75, 3.05) is 12.3 Å². The van der Waals surface area contributed by atoms with Crippen LogP contribution in [-0.4, -0.2) is 58.4 Å². The summed E-state index contributed by atoms with van der Waals surface area (Å²) in [6, 6.07) is 3.11. The van der Waals surface area contributed by atoms with Gasteiger partial charge in [-0.25, -0.2) is 0 Å². The Morgan fingerprint density at radius 1 is 1.30 bits per heavy atom. The molecule has 10 nitrogen and oxygen atoms in total. The van der Waals surface area contributed by atoms with Gasteiger partial charge in [0.15, 0.2) is 0 Å². The molecular formula is C22H28ClN5O5. The second-order valence-corrected chi connectivity index (χ2v) is 9.39. The van der Waals surface area contributed by atoms with Gasteiger partial charge in [0.1, 0.15) is 18.1 Å². The number of hydrogen-bond donors (Lipinski definition) is 4. The zero-order chi connectivity index (χ0) is 24.9. The van der Waals surface area contributed by atoms with Crippen LogP contribution in [0.2, 0.25) is 5.02 Å². The van der Waals surface area contributed by atoms with E-state index in [-0.39, 0.29) is 10.6 Å². The first-order valence-corrected chi connectivity index (χ1v) is 10.8. The SMILES string of the molecule is CC(C)(C)C(NC(=O)c1ccc(N)c(Cl)c1)C(=O)N1CCC[C@H]1C(=O)N[C@H](C#N)CC(=O)O. The summed E-state index contributed by atoms with van der Waals surface area (Å²) >= 11 is 6.01. The molecule has 0 aliphatic carbocycles. The van der Waals surface area contributed by atoms with Crippen molar-refractivity contribution in [1.29, 1.82) is 5.26 Å².